The highest BCUT2D eigenvalue weighted by Gasteiger charge is 2.24. The monoisotopic (exact) mass is 291 g/mol. The van der Waals surface area contributed by atoms with Crippen LogP contribution in [0.2, 0.25) is 0 Å². The number of hydrogen-bond donors (Lipinski definition) is 1. The standard InChI is InChI=1S/C16H25N3S/c1-16(2)6-8-19(9-10-20-16)15-5-7-17-14(11-15)12-18-13-3-4-13/h5,7,11,13,18H,3-4,6,8-10,12H2,1-2H3. The highest BCUT2D eigenvalue weighted by atomic mass is 32.2. The molecule has 0 unspecified atom stereocenters. The molecule has 0 aromatic carbocycles. The Labute approximate surface area is 126 Å². The van der Waals surface area contributed by atoms with E-state index >= 15 is 0 Å². The maximum atomic E-state index is 4.49. The van der Waals surface area contributed by atoms with Gasteiger partial charge in [-0.2, -0.15) is 11.8 Å². The SMILES string of the molecule is CC1(C)CCN(c2ccnc(CNC3CC3)c2)CCS1. The summed E-state index contributed by atoms with van der Waals surface area (Å²) in [7, 11) is 0. The fourth-order valence-corrected chi connectivity index (χ4v) is 3.67. The van der Waals surface area contributed by atoms with Crippen LogP contribution in [0.15, 0.2) is 18.3 Å². The Morgan fingerprint density at radius 1 is 1.40 bits per heavy atom. The Morgan fingerprint density at radius 3 is 3.05 bits per heavy atom. The van der Waals surface area contributed by atoms with E-state index in [1.54, 1.807) is 0 Å². The second-order valence-corrected chi connectivity index (χ2v) is 8.31. The summed E-state index contributed by atoms with van der Waals surface area (Å²) in [5, 5.41) is 3.54. The molecule has 3 rings (SSSR count). The Morgan fingerprint density at radius 2 is 2.25 bits per heavy atom. The summed E-state index contributed by atoms with van der Waals surface area (Å²) in [6, 6.07) is 5.16. The molecule has 0 radical (unpaired) electrons. The van der Waals surface area contributed by atoms with Gasteiger partial charge in [-0.05, 0) is 31.4 Å². The Kier molecular flexibility index (Phi) is 4.22. The summed E-state index contributed by atoms with van der Waals surface area (Å²) in [4.78, 5) is 7.01. The van der Waals surface area contributed by atoms with Gasteiger partial charge in [-0.1, -0.05) is 13.8 Å². The summed E-state index contributed by atoms with van der Waals surface area (Å²) in [5.41, 5.74) is 2.51. The van der Waals surface area contributed by atoms with E-state index in [1.807, 2.05) is 6.20 Å². The van der Waals surface area contributed by atoms with Crippen molar-refractivity contribution >= 4 is 17.4 Å². The normalized spacial score (nSPS) is 22.6. The van der Waals surface area contributed by atoms with Crippen molar-refractivity contribution in [3.63, 3.8) is 0 Å². The van der Waals surface area contributed by atoms with E-state index in [9.17, 15) is 0 Å². The van der Waals surface area contributed by atoms with Gasteiger partial charge in [0, 0.05) is 48.1 Å². The molecule has 1 aromatic heterocycles. The van der Waals surface area contributed by atoms with Gasteiger partial charge in [0.15, 0.2) is 0 Å². The van der Waals surface area contributed by atoms with Crippen molar-refractivity contribution in [2.24, 2.45) is 0 Å². The molecule has 1 aliphatic heterocycles. The predicted octanol–water partition coefficient (Wildman–Crippen LogP) is 3.06. The molecule has 1 aromatic rings. The summed E-state index contributed by atoms with van der Waals surface area (Å²) in [6.07, 6.45) is 5.87. The lowest BCUT2D eigenvalue weighted by molar-refractivity contribution is 0.636. The Bertz CT molecular complexity index is 457. The summed E-state index contributed by atoms with van der Waals surface area (Å²) in [6.45, 7) is 7.93. The molecule has 4 heteroatoms. The van der Waals surface area contributed by atoms with Gasteiger partial charge in [-0.3, -0.25) is 4.98 Å². The van der Waals surface area contributed by atoms with Crippen LogP contribution >= 0.6 is 11.8 Å². The molecule has 20 heavy (non-hydrogen) atoms. The number of anilines is 1. The molecular formula is C16H25N3S. The second-order valence-electron chi connectivity index (χ2n) is 6.51. The average molecular weight is 291 g/mol. The van der Waals surface area contributed by atoms with Gasteiger partial charge in [-0.15, -0.1) is 0 Å². The second kappa shape index (κ2) is 5.94. The lowest BCUT2D eigenvalue weighted by atomic mass is 10.1. The topological polar surface area (TPSA) is 28.2 Å². The number of hydrogen-bond acceptors (Lipinski definition) is 4. The van der Waals surface area contributed by atoms with Crippen LogP contribution in [0, 0.1) is 0 Å². The molecule has 1 saturated carbocycles. The van der Waals surface area contributed by atoms with Gasteiger partial charge in [0.25, 0.3) is 0 Å². The minimum absolute atomic E-state index is 0.415. The molecule has 0 amide bonds. The smallest absolute Gasteiger partial charge is 0.0562 e. The first-order valence-electron chi connectivity index (χ1n) is 7.70. The molecule has 3 nitrogen and oxygen atoms in total. The van der Waals surface area contributed by atoms with E-state index in [4.69, 9.17) is 0 Å². The molecule has 0 atom stereocenters. The molecule has 2 heterocycles. The molecule has 2 aliphatic rings. The summed E-state index contributed by atoms with van der Waals surface area (Å²) in [5.74, 6) is 1.21. The first kappa shape index (κ1) is 14.2. The van der Waals surface area contributed by atoms with Gasteiger partial charge >= 0.3 is 0 Å². The number of nitrogens with zero attached hydrogens (tertiary/aromatic N) is 2. The van der Waals surface area contributed by atoms with Crippen molar-refractivity contribution < 1.29 is 0 Å². The van der Waals surface area contributed by atoms with Crippen molar-refractivity contribution in [2.75, 3.05) is 23.7 Å². The third kappa shape index (κ3) is 3.89. The van der Waals surface area contributed by atoms with Crippen LogP contribution in [-0.4, -0.2) is 34.6 Å². The van der Waals surface area contributed by atoms with Crippen LogP contribution in [-0.2, 0) is 6.54 Å². The Hall–Kier alpha value is -0.740. The van der Waals surface area contributed by atoms with E-state index in [1.165, 1.54) is 36.4 Å². The fourth-order valence-electron chi connectivity index (χ4n) is 2.57. The van der Waals surface area contributed by atoms with E-state index in [0.717, 1.165) is 25.7 Å². The summed E-state index contributed by atoms with van der Waals surface area (Å²) < 4.78 is 0.415. The molecule has 2 fully saturated rings. The van der Waals surface area contributed by atoms with Crippen LogP contribution in [0.25, 0.3) is 0 Å². The van der Waals surface area contributed by atoms with E-state index in [2.05, 4.69) is 52.9 Å². The predicted molar refractivity (Wildman–Crippen MR) is 87.5 cm³/mol. The number of aromatic nitrogens is 1. The van der Waals surface area contributed by atoms with Crippen LogP contribution in [0.4, 0.5) is 5.69 Å². The molecule has 1 N–H and O–H groups in total. The van der Waals surface area contributed by atoms with Crippen molar-refractivity contribution in [3.05, 3.63) is 24.0 Å². The maximum Gasteiger partial charge on any atom is 0.0562 e. The van der Waals surface area contributed by atoms with Gasteiger partial charge in [0.2, 0.25) is 0 Å². The fraction of sp³-hybridized carbons (Fsp3) is 0.688. The van der Waals surface area contributed by atoms with Crippen LogP contribution in [0.5, 0.6) is 0 Å². The third-order valence-electron chi connectivity index (χ3n) is 4.15. The molecule has 110 valence electrons. The number of rotatable bonds is 4. The lowest BCUT2D eigenvalue weighted by Gasteiger charge is -2.24. The van der Waals surface area contributed by atoms with Gasteiger partial charge < -0.3 is 10.2 Å². The van der Waals surface area contributed by atoms with Crippen molar-refractivity contribution in [1.82, 2.24) is 10.3 Å². The van der Waals surface area contributed by atoms with Gasteiger partial charge in [0.1, 0.15) is 0 Å². The van der Waals surface area contributed by atoms with E-state index < -0.39 is 0 Å². The zero-order valence-electron chi connectivity index (χ0n) is 12.6. The quantitative estimate of drug-likeness (QED) is 0.923. The minimum Gasteiger partial charge on any atom is -0.371 e. The first-order chi connectivity index (χ1) is 9.62. The zero-order chi connectivity index (χ0) is 14.0. The highest BCUT2D eigenvalue weighted by molar-refractivity contribution is 8.00. The summed E-state index contributed by atoms with van der Waals surface area (Å²) >= 11 is 2.10. The maximum absolute atomic E-state index is 4.49. The highest BCUT2D eigenvalue weighted by Crippen LogP contribution is 2.32. The Balaban J connectivity index is 1.64. The largest absolute Gasteiger partial charge is 0.371 e. The minimum atomic E-state index is 0.415. The third-order valence-corrected chi connectivity index (χ3v) is 5.52. The van der Waals surface area contributed by atoms with Crippen molar-refractivity contribution in [3.8, 4) is 0 Å². The first-order valence-corrected chi connectivity index (χ1v) is 8.68. The molecule has 0 bridgehead atoms. The van der Waals surface area contributed by atoms with E-state index in [-0.39, 0.29) is 0 Å². The molecular weight excluding hydrogens is 266 g/mol. The van der Waals surface area contributed by atoms with Crippen LogP contribution < -0.4 is 10.2 Å². The number of thioether (sulfide) groups is 1. The van der Waals surface area contributed by atoms with Crippen LogP contribution in [0.1, 0.15) is 38.8 Å². The number of pyridine rings is 1. The average Bonchev–Trinajstić information content (AvgIpc) is 3.24. The van der Waals surface area contributed by atoms with Crippen molar-refractivity contribution in [2.45, 2.75) is 50.4 Å². The van der Waals surface area contributed by atoms with Gasteiger partial charge in [-0.25, -0.2) is 0 Å². The van der Waals surface area contributed by atoms with Crippen LogP contribution in [0.3, 0.4) is 0 Å². The lowest BCUT2D eigenvalue weighted by Crippen LogP contribution is -2.27. The van der Waals surface area contributed by atoms with Crippen molar-refractivity contribution in [1.29, 1.82) is 0 Å². The van der Waals surface area contributed by atoms with Gasteiger partial charge in [0.05, 0.1) is 5.69 Å². The number of nitrogens with one attached hydrogen (secondary N) is 1. The molecule has 1 saturated heterocycles. The zero-order valence-corrected chi connectivity index (χ0v) is 13.4. The molecule has 0 spiro atoms. The van der Waals surface area contributed by atoms with E-state index in [0.29, 0.717) is 4.75 Å². The molecule has 1 aliphatic carbocycles.